The minimum atomic E-state index is 0.574. The molecular weight excluding hydrogens is 158 g/mol. The quantitative estimate of drug-likeness (QED) is 0.704. The molecule has 0 unspecified atom stereocenters. The van der Waals surface area contributed by atoms with Crippen LogP contribution in [0.25, 0.3) is 0 Å². The third kappa shape index (κ3) is 2.48. The zero-order valence-corrected chi connectivity index (χ0v) is 8.80. The first kappa shape index (κ1) is 10.1. The molecule has 1 nitrogen and oxygen atoms in total. The van der Waals surface area contributed by atoms with Gasteiger partial charge in [-0.3, -0.25) is 0 Å². The van der Waals surface area contributed by atoms with Gasteiger partial charge in [-0.05, 0) is 35.6 Å². The van der Waals surface area contributed by atoms with Gasteiger partial charge in [0.2, 0.25) is 0 Å². The summed E-state index contributed by atoms with van der Waals surface area (Å²) in [5, 5.41) is 0. The first-order chi connectivity index (χ1) is 6.15. The summed E-state index contributed by atoms with van der Waals surface area (Å²) in [4.78, 5) is 0. The third-order valence-electron chi connectivity index (χ3n) is 2.31. The van der Waals surface area contributed by atoms with Crippen molar-refractivity contribution in [1.82, 2.24) is 0 Å². The van der Waals surface area contributed by atoms with Crippen molar-refractivity contribution in [3.05, 3.63) is 29.3 Å². The van der Waals surface area contributed by atoms with E-state index in [0.717, 1.165) is 12.1 Å². The molecule has 0 amide bonds. The predicted molar refractivity (Wildman–Crippen MR) is 58.9 cm³/mol. The maximum Gasteiger partial charge on any atom is 0.0317 e. The smallest absolute Gasteiger partial charge is 0.0317 e. The maximum absolute atomic E-state index is 5.76. The van der Waals surface area contributed by atoms with E-state index in [2.05, 4.69) is 32.9 Å². The van der Waals surface area contributed by atoms with Crippen LogP contribution in [0.15, 0.2) is 18.2 Å². The largest absolute Gasteiger partial charge is 0.399 e. The summed E-state index contributed by atoms with van der Waals surface area (Å²) >= 11 is 0. The number of benzene rings is 1. The molecule has 0 aliphatic heterocycles. The van der Waals surface area contributed by atoms with Gasteiger partial charge in [0.25, 0.3) is 0 Å². The Balaban J connectivity index is 3.03. The molecule has 0 saturated heterocycles. The van der Waals surface area contributed by atoms with E-state index >= 15 is 0 Å². The Labute approximate surface area is 81.0 Å². The lowest BCUT2D eigenvalue weighted by molar-refractivity contribution is 0.821. The second-order valence-electron chi connectivity index (χ2n) is 3.86. The van der Waals surface area contributed by atoms with Crippen LogP contribution in [0.4, 0.5) is 5.69 Å². The molecule has 0 saturated carbocycles. The van der Waals surface area contributed by atoms with Crippen LogP contribution in [0, 0.1) is 0 Å². The number of anilines is 1. The van der Waals surface area contributed by atoms with Gasteiger partial charge < -0.3 is 5.73 Å². The van der Waals surface area contributed by atoms with E-state index in [1.165, 1.54) is 17.5 Å². The van der Waals surface area contributed by atoms with E-state index in [0.29, 0.717) is 5.92 Å². The van der Waals surface area contributed by atoms with Crippen molar-refractivity contribution in [2.75, 3.05) is 5.73 Å². The Bertz CT molecular complexity index is 276. The first-order valence-electron chi connectivity index (χ1n) is 5.03. The van der Waals surface area contributed by atoms with Gasteiger partial charge in [0, 0.05) is 5.69 Å². The summed E-state index contributed by atoms with van der Waals surface area (Å²) in [6.45, 7) is 6.64. The minimum Gasteiger partial charge on any atom is -0.399 e. The summed E-state index contributed by atoms with van der Waals surface area (Å²) in [5.74, 6) is 0.574. The van der Waals surface area contributed by atoms with Crippen molar-refractivity contribution in [3.8, 4) is 0 Å². The van der Waals surface area contributed by atoms with Crippen LogP contribution < -0.4 is 5.73 Å². The summed E-state index contributed by atoms with van der Waals surface area (Å²) in [7, 11) is 0. The number of rotatable bonds is 3. The Morgan fingerprint density at radius 1 is 1.31 bits per heavy atom. The van der Waals surface area contributed by atoms with E-state index in [9.17, 15) is 0 Å². The summed E-state index contributed by atoms with van der Waals surface area (Å²) in [6, 6.07) is 6.26. The molecule has 1 rings (SSSR count). The molecule has 0 aliphatic carbocycles. The molecule has 0 fully saturated rings. The highest BCUT2D eigenvalue weighted by molar-refractivity contribution is 5.46. The van der Waals surface area contributed by atoms with E-state index < -0.39 is 0 Å². The normalized spacial score (nSPS) is 10.8. The fraction of sp³-hybridized carbons (Fsp3) is 0.500. The number of hydrogen-bond acceptors (Lipinski definition) is 1. The Kier molecular flexibility index (Phi) is 3.35. The molecular formula is C12H19N. The Hall–Kier alpha value is -0.980. The molecule has 1 heteroatoms. The molecule has 0 radical (unpaired) electrons. The van der Waals surface area contributed by atoms with Crippen LogP contribution in [0.2, 0.25) is 0 Å². The SMILES string of the molecule is CCCc1ccc(N)cc1C(C)C. The fourth-order valence-electron chi connectivity index (χ4n) is 1.65. The second kappa shape index (κ2) is 4.31. The molecule has 0 atom stereocenters. The minimum absolute atomic E-state index is 0.574. The van der Waals surface area contributed by atoms with Crippen LogP contribution in [-0.4, -0.2) is 0 Å². The van der Waals surface area contributed by atoms with Crippen molar-refractivity contribution in [1.29, 1.82) is 0 Å². The molecule has 1 aromatic carbocycles. The Morgan fingerprint density at radius 3 is 2.54 bits per heavy atom. The van der Waals surface area contributed by atoms with Crippen molar-refractivity contribution < 1.29 is 0 Å². The van der Waals surface area contributed by atoms with E-state index in [1.54, 1.807) is 0 Å². The molecule has 0 spiro atoms. The zero-order valence-electron chi connectivity index (χ0n) is 8.80. The molecule has 0 aromatic heterocycles. The van der Waals surface area contributed by atoms with Crippen molar-refractivity contribution in [3.63, 3.8) is 0 Å². The summed E-state index contributed by atoms with van der Waals surface area (Å²) in [5.41, 5.74) is 9.49. The topological polar surface area (TPSA) is 26.0 Å². The van der Waals surface area contributed by atoms with Gasteiger partial charge in [-0.25, -0.2) is 0 Å². The molecule has 72 valence electrons. The first-order valence-corrected chi connectivity index (χ1v) is 5.03. The van der Waals surface area contributed by atoms with E-state index in [1.807, 2.05) is 6.07 Å². The van der Waals surface area contributed by atoms with E-state index in [-0.39, 0.29) is 0 Å². The summed E-state index contributed by atoms with van der Waals surface area (Å²) < 4.78 is 0. The van der Waals surface area contributed by atoms with Gasteiger partial charge >= 0.3 is 0 Å². The standard InChI is InChI=1S/C12H19N/c1-4-5-10-6-7-11(13)8-12(10)9(2)3/h6-9H,4-5,13H2,1-3H3. The van der Waals surface area contributed by atoms with Crippen LogP contribution in [0.3, 0.4) is 0 Å². The van der Waals surface area contributed by atoms with Crippen LogP contribution in [-0.2, 0) is 6.42 Å². The fourth-order valence-corrected chi connectivity index (χ4v) is 1.65. The number of aryl methyl sites for hydroxylation is 1. The zero-order chi connectivity index (χ0) is 9.84. The monoisotopic (exact) mass is 177 g/mol. The lowest BCUT2D eigenvalue weighted by Gasteiger charge is -2.12. The lowest BCUT2D eigenvalue weighted by Crippen LogP contribution is -1.98. The molecule has 2 N–H and O–H groups in total. The van der Waals surface area contributed by atoms with E-state index in [4.69, 9.17) is 5.73 Å². The average Bonchev–Trinajstić information content (AvgIpc) is 2.08. The third-order valence-corrected chi connectivity index (χ3v) is 2.31. The molecule has 13 heavy (non-hydrogen) atoms. The van der Waals surface area contributed by atoms with Gasteiger partial charge in [-0.15, -0.1) is 0 Å². The molecule has 0 heterocycles. The van der Waals surface area contributed by atoms with Crippen molar-refractivity contribution in [2.45, 2.75) is 39.5 Å². The molecule has 1 aromatic rings. The van der Waals surface area contributed by atoms with Gasteiger partial charge in [0.15, 0.2) is 0 Å². The predicted octanol–water partition coefficient (Wildman–Crippen LogP) is 3.34. The lowest BCUT2D eigenvalue weighted by atomic mass is 9.94. The van der Waals surface area contributed by atoms with Gasteiger partial charge in [-0.2, -0.15) is 0 Å². The van der Waals surface area contributed by atoms with Gasteiger partial charge in [0.1, 0.15) is 0 Å². The van der Waals surface area contributed by atoms with Gasteiger partial charge in [-0.1, -0.05) is 33.3 Å². The van der Waals surface area contributed by atoms with Crippen LogP contribution >= 0.6 is 0 Å². The van der Waals surface area contributed by atoms with Crippen LogP contribution in [0.5, 0.6) is 0 Å². The second-order valence-corrected chi connectivity index (χ2v) is 3.86. The van der Waals surface area contributed by atoms with Crippen molar-refractivity contribution in [2.24, 2.45) is 0 Å². The Morgan fingerprint density at radius 2 is 2.00 bits per heavy atom. The van der Waals surface area contributed by atoms with Crippen molar-refractivity contribution >= 4 is 5.69 Å². The highest BCUT2D eigenvalue weighted by Gasteiger charge is 2.05. The number of nitrogen functional groups attached to an aromatic ring is 1. The average molecular weight is 177 g/mol. The van der Waals surface area contributed by atoms with Crippen LogP contribution in [0.1, 0.15) is 44.2 Å². The molecule has 0 aliphatic rings. The molecule has 0 bridgehead atoms. The highest BCUT2D eigenvalue weighted by atomic mass is 14.5. The highest BCUT2D eigenvalue weighted by Crippen LogP contribution is 2.23. The number of hydrogen-bond donors (Lipinski definition) is 1. The number of nitrogens with two attached hydrogens (primary N) is 1. The maximum atomic E-state index is 5.76. The summed E-state index contributed by atoms with van der Waals surface area (Å²) in [6.07, 6.45) is 2.36. The van der Waals surface area contributed by atoms with Gasteiger partial charge in [0.05, 0.1) is 0 Å².